The van der Waals surface area contributed by atoms with Gasteiger partial charge in [0.1, 0.15) is 11.2 Å². The van der Waals surface area contributed by atoms with Crippen molar-refractivity contribution in [2.24, 2.45) is 5.41 Å². The summed E-state index contributed by atoms with van der Waals surface area (Å²) in [6.45, 7) is 6.73. The highest BCUT2D eigenvalue weighted by Gasteiger charge is 2.15. The van der Waals surface area contributed by atoms with Gasteiger partial charge in [0, 0.05) is 29.4 Å². The number of hydrogen-bond acceptors (Lipinski definition) is 3. The van der Waals surface area contributed by atoms with E-state index < -0.39 is 0 Å². The molecule has 24 heavy (non-hydrogen) atoms. The molecule has 3 heterocycles. The largest absolute Gasteiger partial charge is 0.455 e. The molecule has 0 aliphatic carbocycles. The molecule has 0 atom stereocenters. The van der Waals surface area contributed by atoms with Crippen LogP contribution in [0, 0.1) is 5.41 Å². The molecule has 0 saturated heterocycles. The van der Waals surface area contributed by atoms with Gasteiger partial charge in [-0.2, -0.15) is 0 Å². The van der Waals surface area contributed by atoms with Crippen molar-refractivity contribution in [1.29, 1.82) is 0 Å². The highest BCUT2D eigenvalue weighted by molar-refractivity contribution is 6.08. The zero-order chi connectivity index (χ0) is 16.7. The maximum absolute atomic E-state index is 6.10. The van der Waals surface area contributed by atoms with Gasteiger partial charge in [0.15, 0.2) is 0 Å². The smallest absolute Gasteiger partial charge is 0.147 e. The van der Waals surface area contributed by atoms with Crippen LogP contribution in [-0.4, -0.2) is 9.97 Å². The van der Waals surface area contributed by atoms with Gasteiger partial charge >= 0.3 is 0 Å². The van der Waals surface area contributed by atoms with Crippen LogP contribution in [0.4, 0.5) is 0 Å². The predicted octanol–water partition coefficient (Wildman–Crippen LogP) is 5.63. The summed E-state index contributed by atoms with van der Waals surface area (Å²) in [6, 6.07) is 12.3. The summed E-state index contributed by atoms with van der Waals surface area (Å²) in [5, 5.41) is 2.12. The van der Waals surface area contributed by atoms with Crippen molar-refractivity contribution in [2.45, 2.75) is 27.2 Å². The standard InChI is InChI=1S/C21H20N2O/c1-21(2,3)11-14-8-9-23-18(10-14)17-13-22-12-16-15-6-4-5-7-19(15)24-20(16)17/h4-10,12-13H,11H2,1-3H3. The monoisotopic (exact) mass is 316 g/mol. The van der Waals surface area contributed by atoms with E-state index in [-0.39, 0.29) is 5.41 Å². The van der Waals surface area contributed by atoms with Crippen molar-refractivity contribution in [1.82, 2.24) is 9.97 Å². The fraction of sp³-hybridized carbons (Fsp3) is 0.238. The first-order chi connectivity index (χ1) is 11.5. The Labute approximate surface area is 141 Å². The van der Waals surface area contributed by atoms with Gasteiger partial charge in [-0.05, 0) is 35.6 Å². The van der Waals surface area contributed by atoms with Crippen molar-refractivity contribution >= 4 is 21.9 Å². The molecule has 1 aromatic carbocycles. The number of para-hydroxylation sites is 1. The third kappa shape index (κ3) is 2.67. The van der Waals surface area contributed by atoms with Gasteiger partial charge in [-0.25, -0.2) is 0 Å². The lowest BCUT2D eigenvalue weighted by Gasteiger charge is -2.18. The molecule has 0 aliphatic heterocycles. The number of nitrogens with zero attached hydrogens (tertiary/aromatic N) is 2. The van der Waals surface area contributed by atoms with Crippen LogP contribution < -0.4 is 0 Å². The molecule has 4 aromatic rings. The summed E-state index contributed by atoms with van der Waals surface area (Å²) in [4.78, 5) is 8.98. The Bertz CT molecular complexity index is 1020. The summed E-state index contributed by atoms with van der Waals surface area (Å²) in [5.74, 6) is 0. The van der Waals surface area contributed by atoms with Crippen molar-refractivity contribution in [3.8, 4) is 11.3 Å². The zero-order valence-electron chi connectivity index (χ0n) is 14.2. The molecule has 120 valence electrons. The molecule has 3 aromatic heterocycles. The fourth-order valence-electron chi connectivity index (χ4n) is 3.16. The number of hydrogen-bond donors (Lipinski definition) is 0. The number of rotatable bonds is 2. The van der Waals surface area contributed by atoms with E-state index in [1.165, 1.54) is 5.56 Å². The number of aromatic nitrogens is 2. The van der Waals surface area contributed by atoms with Crippen molar-refractivity contribution in [3.63, 3.8) is 0 Å². The van der Waals surface area contributed by atoms with Gasteiger partial charge in [-0.1, -0.05) is 39.0 Å². The molecule has 0 N–H and O–H groups in total. The van der Waals surface area contributed by atoms with Crippen molar-refractivity contribution in [3.05, 3.63) is 60.6 Å². The highest BCUT2D eigenvalue weighted by atomic mass is 16.3. The normalized spacial score (nSPS) is 12.1. The minimum atomic E-state index is 0.238. The van der Waals surface area contributed by atoms with Gasteiger partial charge in [0.25, 0.3) is 0 Å². The Morgan fingerprint density at radius 2 is 1.83 bits per heavy atom. The second-order valence-electron chi connectivity index (χ2n) is 7.45. The molecule has 0 saturated carbocycles. The molecule has 0 spiro atoms. The molecule has 0 unspecified atom stereocenters. The van der Waals surface area contributed by atoms with Gasteiger partial charge in [0.2, 0.25) is 0 Å². The van der Waals surface area contributed by atoms with Crippen LogP contribution in [0.1, 0.15) is 26.3 Å². The SMILES string of the molecule is CC(C)(C)Cc1ccnc(-c2cncc3c2oc2ccccc23)c1. The number of fused-ring (bicyclic) bond motifs is 3. The Morgan fingerprint density at radius 1 is 1.00 bits per heavy atom. The van der Waals surface area contributed by atoms with Crippen LogP contribution in [0.5, 0.6) is 0 Å². The summed E-state index contributed by atoms with van der Waals surface area (Å²) in [6.07, 6.45) is 6.58. The van der Waals surface area contributed by atoms with Crippen LogP contribution in [0.15, 0.2) is 59.4 Å². The maximum Gasteiger partial charge on any atom is 0.147 e. The van der Waals surface area contributed by atoms with Crippen LogP contribution in [0.3, 0.4) is 0 Å². The summed E-state index contributed by atoms with van der Waals surface area (Å²) in [5.41, 5.74) is 5.11. The minimum absolute atomic E-state index is 0.238. The fourth-order valence-corrected chi connectivity index (χ4v) is 3.16. The lowest BCUT2D eigenvalue weighted by molar-refractivity contribution is 0.411. The van der Waals surface area contributed by atoms with Crippen LogP contribution >= 0.6 is 0 Å². The molecule has 0 amide bonds. The topological polar surface area (TPSA) is 38.9 Å². The average molecular weight is 316 g/mol. The highest BCUT2D eigenvalue weighted by Crippen LogP contribution is 2.34. The number of benzene rings is 1. The molecule has 0 aliphatic rings. The minimum Gasteiger partial charge on any atom is -0.455 e. The second-order valence-corrected chi connectivity index (χ2v) is 7.45. The number of furan rings is 1. The third-order valence-corrected chi connectivity index (χ3v) is 4.12. The van der Waals surface area contributed by atoms with Gasteiger partial charge < -0.3 is 4.42 Å². The average Bonchev–Trinajstić information content (AvgIpc) is 2.92. The molecule has 3 nitrogen and oxygen atoms in total. The zero-order valence-corrected chi connectivity index (χ0v) is 14.2. The van der Waals surface area contributed by atoms with Gasteiger partial charge in [-0.3, -0.25) is 9.97 Å². The first-order valence-corrected chi connectivity index (χ1v) is 8.22. The van der Waals surface area contributed by atoms with E-state index in [9.17, 15) is 0 Å². The molecule has 0 bridgehead atoms. The summed E-state index contributed by atoms with van der Waals surface area (Å²) >= 11 is 0. The molecule has 0 fully saturated rings. The number of pyridine rings is 2. The van der Waals surface area contributed by atoms with Gasteiger partial charge in [0.05, 0.1) is 11.3 Å². The molecule has 0 radical (unpaired) electrons. The van der Waals surface area contributed by atoms with Crippen LogP contribution in [0.25, 0.3) is 33.2 Å². The molecular weight excluding hydrogens is 296 g/mol. The van der Waals surface area contributed by atoms with E-state index in [0.717, 1.165) is 39.6 Å². The molecular formula is C21H20N2O. The van der Waals surface area contributed by atoms with E-state index in [0.29, 0.717) is 0 Å². The van der Waals surface area contributed by atoms with Crippen LogP contribution in [0.2, 0.25) is 0 Å². The van der Waals surface area contributed by atoms with Crippen LogP contribution in [-0.2, 0) is 6.42 Å². The predicted molar refractivity (Wildman–Crippen MR) is 97.9 cm³/mol. The van der Waals surface area contributed by atoms with E-state index in [4.69, 9.17) is 4.42 Å². The Kier molecular flexibility index (Phi) is 3.38. The Hall–Kier alpha value is -2.68. The van der Waals surface area contributed by atoms with E-state index >= 15 is 0 Å². The molecule has 3 heteroatoms. The quantitative estimate of drug-likeness (QED) is 0.481. The lowest BCUT2D eigenvalue weighted by atomic mass is 9.88. The van der Waals surface area contributed by atoms with Crippen molar-refractivity contribution in [2.75, 3.05) is 0 Å². The third-order valence-electron chi connectivity index (χ3n) is 4.12. The Morgan fingerprint density at radius 3 is 2.67 bits per heavy atom. The lowest BCUT2D eigenvalue weighted by Crippen LogP contribution is -2.09. The first-order valence-electron chi connectivity index (χ1n) is 8.22. The summed E-state index contributed by atoms with van der Waals surface area (Å²) in [7, 11) is 0. The van der Waals surface area contributed by atoms with E-state index in [2.05, 4.69) is 48.9 Å². The van der Waals surface area contributed by atoms with Gasteiger partial charge in [-0.15, -0.1) is 0 Å². The van der Waals surface area contributed by atoms with E-state index in [1.807, 2.05) is 36.8 Å². The van der Waals surface area contributed by atoms with Crippen molar-refractivity contribution < 1.29 is 4.42 Å². The Balaban J connectivity index is 1.89. The first kappa shape index (κ1) is 14.9. The molecule has 4 rings (SSSR count). The second kappa shape index (κ2) is 5.45. The maximum atomic E-state index is 6.10. The van der Waals surface area contributed by atoms with E-state index in [1.54, 1.807) is 0 Å². The summed E-state index contributed by atoms with van der Waals surface area (Å²) < 4.78 is 6.10.